The van der Waals surface area contributed by atoms with Gasteiger partial charge in [0.05, 0.1) is 0 Å². The molecule has 18 rings (SSSR count). The molecule has 0 unspecified atom stereocenters. The van der Waals surface area contributed by atoms with Crippen molar-refractivity contribution in [3.8, 4) is 78.7 Å². The molecule has 0 N–H and O–H groups in total. The number of anilines is 6. The van der Waals surface area contributed by atoms with Gasteiger partial charge in [-0.05, 0) is 166 Å². The van der Waals surface area contributed by atoms with E-state index in [1.54, 1.807) is 0 Å². The Hall–Kier alpha value is -12.0. The minimum Gasteiger partial charge on any atom is -0.311 e. The van der Waals surface area contributed by atoms with Crippen molar-refractivity contribution in [1.29, 1.82) is 0 Å². The van der Waals surface area contributed by atoms with Gasteiger partial charge in [0.2, 0.25) is 0 Å². The van der Waals surface area contributed by atoms with Crippen molar-refractivity contribution in [1.82, 2.24) is 15.0 Å². The van der Waals surface area contributed by atoms with E-state index in [0.717, 1.165) is 95.3 Å². The molecule has 0 spiro atoms. The van der Waals surface area contributed by atoms with Gasteiger partial charge < -0.3 is 9.80 Å². The van der Waals surface area contributed by atoms with Crippen molar-refractivity contribution in [2.75, 3.05) is 9.80 Å². The zero-order valence-corrected chi connectivity index (χ0v) is 49.5. The van der Waals surface area contributed by atoms with Gasteiger partial charge in [0.1, 0.15) is 0 Å². The SMILES string of the molecule is c1ccc(-c2cc(-c3ccccc3)cc(-c3nc(-c4cc(-c5ccccc5)cc(-c5ccccc5)c4)nc(-c4cc5c6c(c4)N(c4ccccc4)c4c(ccc7c4ccc4ccccc47)B6c4ccc6c(ccc7ccccc76)c4N5c4ccccc4)n3)c2)cc1. The molecule has 16 aromatic rings. The predicted molar refractivity (Wildman–Crippen MR) is 382 cm³/mol. The molecule has 0 amide bonds. The van der Waals surface area contributed by atoms with E-state index in [1.807, 2.05) is 0 Å². The second-order valence-electron chi connectivity index (χ2n) is 23.8. The van der Waals surface area contributed by atoms with Crippen LogP contribution in [-0.4, -0.2) is 21.7 Å². The van der Waals surface area contributed by atoms with Crippen molar-refractivity contribution in [3.63, 3.8) is 0 Å². The van der Waals surface area contributed by atoms with E-state index < -0.39 is 0 Å². The molecule has 0 bridgehead atoms. The molecule has 6 heteroatoms. The third-order valence-electron chi connectivity index (χ3n) is 18.6. The van der Waals surface area contributed by atoms with Crippen LogP contribution in [0.2, 0.25) is 0 Å². The summed E-state index contributed by atoms with van der Waals surface area (Å²) in [5.74, 6) is 1.69. The van der Waals surface area contributed by atoms with Crippen molar-refractivity contribution < 1.29 is 0 Å². The van der Waals surface area contributed by atoms with Crippen LogP contribution >= 0.6 is 0 Å². The Morgan fingerprint density at radius 3 is 0.879 bits per heavy atom. The molecule has 2 aliphatic rings. The lowest BCUT2D eigenvalue weighted by atomic mass is 9.33. The smallest absolute Gasteiger partial charge is 0.252 e. The first-order valence-corrected chi connectivity index (χ1v) is 31.2. The molecule has 0 radical (unpaired) electrons. The number of aromatic nitrogens is 3. The summed E-state index contributed by atoms with van der Waals surface area (Å²) < 4.78 is 0. The summed E-state index contributed by atoms with van der Waals surface area (Å²) in [6.45, 7) is -0.172. The molecule has 0 fully saturated rings. The number of fused-ring (bicyclic) bond motifs is 12. The summed E-state index contributed by atoms with van der Waals surface area (Å²) >= 11 is 0. The number of nitrogens with zero attached hydrogens (tertiary/aromatic N) is 5. The normalized spacial score (nSPS) is 12.3. The minimum absolute atomic E-state index is 0.172. The molecular weight excluding hydrogens is 1100 g/mol. The molecule has 5 nitrogen and oxygen atoms in total. The number of hydrogen-bond acceptors (Lipinski definition) is 5. The number of rotatable bonds is 9. The first kappa shape index (κ1) is 52.2. The van der Waals surface area contributed by atoms with Gasteiger partial charge in [0, 0.05) is 61.6 Å². The Bertz CT molecular complexity index is 5080. The van der Waals surface area contributed by atoms with Crippen LogP contribution in [0.25, 0.3) is 122 Å². The molecule has 0 aliphatic carbocycles. The zero-order chi connectivity index (χ0) is 59.9. The number of hydrogen-bond donors (Lipinski definition) is 0. The third kappa shape index (κ3) is 8.82. The highest BCUT2D eigenvalue weighted by atomic mass is 15.2. The third-order valence-corrected chi connectivity index (χ3v) is 18.6. The highest BCUT2D eigenvalue weighted by molar-refractivity contribution is 7.01. The second-order valence-corrected chi connectivity index (χ2v) is 23.8. The van der Waals surface area contributed by atoms with Crippen LogP contribution in [0.5, 0.6) is 0 Å². The Morgan fingerprint density at radius 2 is 0.516 bits per heavy atom. The monoisotopic (exact) mass is 1160 g/mol. The van der Waals surface area contributed by atoms with Gasteiger partial charge >= 0.3 is 0 Å². The lowest BCUT2D eigenvalue weighted by Gasteiger charge is -2.45. The van der Waals surface area contributed by atoms with Crippen LogP contribution < -0.4 is 26.2 Å². The molecule has 1 aromatic heterocycles. The first-order chi connectivity index (χ1) is 45.1. The van der Waals surface area contributed by atoms with Gasteiger partial charge in [0.15, 0.2) is 17.5 Å². The Balaban J connectivity index is 0.970. The average molecular weight is 1160 g/mol. The van der Waals surface area contributed by atoms with E-state index in [1.165, 1.54) is 59.5 Å². The molecular formula is C85H54BN5. The summed E-state index contributed by atoms with van der Waals surface area (Å²) in [5.41, 5.74) is 21.5. The Labute approximate surface area is 528 Å². The molecule has 0 saturated heterocycles. The lowest BCUT2D eigenvalue weighted by Crippen LogP contribution is -2.61. The van der Waals surface area contributed by atoms with E-state index in [0.29, 0.717) is 17.5 Å². The van der Waals surface area contributed by atoms with Gasteiger partial charge in [-0.25, -0.2) is 15.0 Å². The van der Waals surface area contributed by atoms with E-state index in [4.69, 9.17) is 15.0 Å². The van der Waals surface area contributed by atoms with Crippen molar-refractivity contribution in [2.24, 2.45) is 0 Å². The average Bonchev–Trinajstić information content (AvgIpc) is 0.694. The Morgan fingerprint density at radius 1 is 0.220 bits per heavy atom. The topological polar surface area (TPSA) is 45.2 Å². The maximum absolute atomic E-state index is 5.78. The number of benzene rings is 15. The van der Waals surface area contributed by atoms with E-state index in [2.05, 4.69) is 337 Å². The second kappa shape index (κ2) is 21.4. The van der Waals surface area contributed by atoms with Crippen molar-refractivity contribution in [2.45, 2.75) is 0 Å². The van der Waals surface area contributed by atoms with Crippen LogP contribution in [0.3, 0.4) is 0 Å². The highest BCUT2D eigenvalue weighted by Crippen LogP contribution is 2.50. The molecule has 422 valence electrons. The van der Waals surface area contributed by atoms with Crippen LogP contribution in [0.1, 0.15) is 0 Å². The molecule has 0 atom stereocenters. The first-order valence-electron chi connectivity index (χ1n) is 31.2. The molecule has 3 heterocycles. The van der Waals surface area contributed by atoms with Gasteiger partial charge in [-0.15, -0.1) is 0 Å². The van der Waals surface area contributed by atoms with Crippen LogP contribution in [0, 0.1) is 0 Å². The molecule has 15 aromatic carbocycles. The van der Waals surface area contributed by atoms with Gasteiger partial charge in [-0.2, -0.15) is 0 Å². The maximum Gasteiger partial charge on any atom is 0.252 e. The summed E-state index contributed by atoms with van der Waals surface area (Å²) in [6.07, 6.45) is 0. The van der Waals surface area contributed by atoms with Crippen LogP contribution in [0.4, 0.5) is 34.1 Å². The summed E-state index contributed by atoms with van der Waals surface area (Å²) in [5, 5.41) is 9.63. The maximum atomic E-state index is 5.78. The molecule has 2 aliphatic heterocycles. The van der Waals surface area contributed by atoms with Crippen molar-refractivity contribution >= 4 is 100 Å². The van der Waals surface area contributed by atoms with Crippen LogP contribution in [0.15, 0.2) is 328 Å². The Kier molecular flexibility index (Phi) is 12.3. The largest absolute Gasteiger partial charge is 0.311 e. The summed E-state index contributed by atoms with van der Waals surface area (Å²) in [4.78, 5) is 22.3. The fourth-order valence-corrected chi connectivity index (χ4v) is 14.4. The van der Waals surface area contributed by atoms with Gasteiger partial charge in [-0.1, -0.05) is 255 Å². The van der Waals surface area contributed by atoms with Crippen LogP contribution in [-0.2, 0) is 0 Å². The van der Waals surface area contributed by atoms with Gasteiger partial charge in [0.25, 0.3) is 6.71 Å². The fraction of sp³-hybridized carbons (Fsp3) is 0. The predicted octanol–water partition coefficient (Wildman–Crippen LogP) is 20.2. The highest BCUT2D eigenvalue weighted by Gasteiger charge is 2.45. The quantitative estimate of drug-likeness (QED) is 0.106. The zero-order valence-electron chi connectivity index (χ0n) is 49.5. The standard InChI is InChI=1S/C85H54BN5/c1-7-23-55(24-8-1)61-47-62(56-25-9-2-10-26-56)50-65(49-61)83-87-84(66-51-63(57-27-11-3-12-28-57)48-64(52-66)58-29-13-4-14-30-58)89-85(88-83)67-53-78-80-79(54-67)91(69-35-17-6-18-36-69)82-75-42-40-60-32-20-22-38-71(60)73(75)44-46-77(82)86(80)76-45-43-72-70-37-21-19-31-59(70)39-41-74(72)81(76)90(78)68-33-15-5-16-34-68/h1-54H. The summed E-state index contributed by atoms with van der Waals surface area (Å²) in [6, 6.07) is 119. The lowest BCUT2D eigenvalue weighted by molar-refractivity contribution is 1.07. The fourth-order valence-electron chi connectivity index (χ4n) is 14.4. The van der Waals surface area contributed by atoms with E-state index in [-0.39, 0.29) is 6.71 Å². The summed E-state index contributed by atoms with van der Waals surface area (Å²) in [7, 11) is 0. The van der Waals surface area contributed by atoms with Crippen molar-refractivity contribution in [3.05, 3.63) is 328 Å². The van der Waals surface area contributed by atoms with Gasteiger partial charge in [-0.3, -0.25) is 0 Å². The number of para-hydroxylation sites is 2. The molecule has 91 heavy (non-hydrogen) atoms. The molecule has 0 saturated carbocycles. The van der Waals surface area contributed by atoms with E-state index >= 15 is 0 Å². The minimum atomic E-state index is -0.172. The van der Waals surface area contributed by atoms with E-state index in [9.17, 15) is 0 Å².